The van der Waals surface area contributed by atoms with E-state index in [0.29, 0.717) is 23.3 Å². The molecule has 0 saturated heterocycles. The van der Waals surface area contributed by atoms with Gasteiger partial charge in [-0.05, 0) is 54.8 Å². The van der Waals surface area contributed by atoms with E-state index in [1.165, 1.54) is 0 Å². The number of hydrogen-bond acceptors (Lipinski definition) is 4. The van der Waals surface area contributed by atoms with Gasteiger partial charge in [-0.15, -0.1) is 0 Å². The summed E-state index contributed by atoms with van der Waals surface area (Å²) in [5.41, 5.74) is 2.79. The molecule has 0 aromatic heterocycles. The number of amides is 1. The third-order valence-electron chi connectivity index (χ3n) is 3.88. The number of hydrogen-bond donors (Lipinski definition) is 1. The van der Waals surface area contributed by atoms with Crippen LogP contribution in [0.1, 0.15) is 34.3 Å². The van der Waals surface area contributed by atoms with Gasteiger partial charge in [-0.25, -0.2) is 0 Å². The molecule has 0 spiro atoms. The van der Waals surface area contributed by atoms with Gasteiger partial charge in [0.15, 0.2) is 12.4 Å². The largest absolute Gasteiger partial charge is 0.485 e. The molecule has 3 rings (SSSR count). The zero-order valence-corrected chi connectivity index (χ0v) is 13.0. The molecular weight excluding hydrogens is 304 g/mol. The van der Waals surface area contributed by atoms with Crippen LogP contribution in [0.4, 0.5) is 5.69 Å². The van der Waals surface area contributed by atoms with E-state index in [4.69, 9.17) is 10.00 Å². The lowest BCUT2D eigenvalue weighted by molar-refractivity contribution is -0.116. The SMILES string of the molecule is N#Cc1cccc(OCC(=O)c2ccc3c(c2)CCCC(=O)N3)c1. The summed E-state index contributed by atoms with van der Waals surface area (Å²) in [6.07, 6.45) is 2.03. The molecule has 0 aliphatic carbocycles. The molecule has 1 aliphatic rings. The number of nitriles is 1. The molecule has 2 aromatic carbocycles. The van der Waals surface area contributed by atoms with Crippen molar-refractivity contribution in [2.45, 2.75) is 19.3 Å². The highest BCUT2D eigenvalue weighted by Gasteiger charge is 2.15. The molecule has 2 aromatic rings. The van der Waals surface area contributed by atoms with Gasteiger partial charge < -0.3 is 10.1 Å². The van der Waals surface area contributed by atoms with Crippen molar-refractivity contribution >= 4 is 17.4 Å². The summed E-state index contributed by atoms with van der Waals surface area (Å²) < 4.78 is 5.48. The highest BCUT2D eigenvalue weighted by molar-refractivity contribution is 5.99. The quantitative estimate of drug-likeness (QED) is 0.878. The molecule has 120 valence electrons. The number of aryl methyl sites for hydroxylation is 1. The van der Waals surface area contributed by atoms with E-state index in [9.17, 15) is 9.59 Å². The first kappa shape index (κ1) is 15.8. The topological polar surface area (TPSA) is 79.2 Å². The van der Waals surface area contributed by atoms with E-state index in [1.807, 2.05) is 12.1 Å². The molecular formula is C19H16N2O3. The first-order valence-electron chi connectivity index (χ1n) is 7.74. The molecule has 0 unspecified atom stereocenters. The van der Waals surface area contributed by atoms with Crippen LogP contribution in [0.15, 0.2) is 42.5 Å². The Bertz CT molecular complexity index is 837. The number of ketones is 1. The second kappa shape index (κ2) is 6.97. The monoisotopic (exact) mass is 320 g/mol. The van der Waals surface area contributed by atoms with Gasteiger partial charge in [0.2, 0.25) is 5.91 Å². The van der Waals surface area contributed by atoms with Crippen molar-refractivity contribution in [1.29, 1.82) is 5.26 Å². The molecule has 1 N–H and O–H groups in total. The standard InChI is InChI=1S/C19H16N2O3/c20-11-13-3-1-5-16(9-13)24-12-18(22)15-7-8-17-14(10-15)4-2-6-19(23)21-17/h1,3,5,7-10H,2,4,6,12H2,(H,21,23). The lowest BCUT2D eigenvalue weighted by Crippen LogP contribution is -2.13. The van der Waals surface area contributed by atoms with Gasteiger partial charge >= 0.3 is 0 Å². The predicted octanol–water partition coefficient (Wildman–Crippen LogP) is 3.09. The molecule has 5 nitrogen and oxygen atoms in total. The highest BCUT2D eigenvalue weighted by Crippen LogP contribution is 2.23. The molecule has 0 atom stereocenters. The summed E-state index contributed by atoms with van der Waals surface area (Å²) in [6, 6.07) is 14.0. The van der Waals surface area contributed by atoms with Crippen LogP contribution < -0.4 is 10.1 Å². The van der Waals surface area contributed by atoms with Crippen LogP contribution in [-0.2, 0) is 11.2 Å². The van der Waals surface area contributed by atoms with Gasteiger partial charge in [0.25, 0.3) is 0 Å². The summed E-state index contributed by atoms with van der Waals surface area (Å²) in [6.45, 7) is -0.0972. The summed E-state index contributed by atoms with van der Waals surface area (Å²) in [5, 5.41) is 11.7. The van der Waals surface area contributed by atoms with Crippen LogP contribution >= 0.6 is 0 Å². The smallest absolute Gasteiger partial charge is 0.224 e. The van der Waals surface area contributed by atoms with Crippen molar-refractivity contribution in [3.8, 4) is 11.8 Å². The minimum atomic E-state index is -0.143. The van der Waals surface area contributed by atoms with Gasteiger partial charge in [-0.1, -0.05) is 6.07 Å². The number of nitrogens with one attached hydrogen (secondary N) is 1. The Hall–Kier alpha value is -3.13. The second-order valence-corrected chi connectivity index (χ2v) is 5.63. The Balaban J connectivity index is 1.70. The average Bonchev–Trinajstić information content (AvgIpc) is 2.79. The van der Waals surface area contributed by atoms with E-state index in [0.717, 1.165) is 24.1 Å². The minimum absolute atomic E-state index is 0.00790. The molecule has 1 heterocycles. The summed E-state index contributed by atoms with van der Waals surface area (Å²) in [5.74, 6) is 0.355. The summed E-state index contributed by atoms with van der Waals surface area (Å²) >= 11 is 0. The number of carbonyl (C=O) groups is 2. The van der Waals surface area contributed by atoms with Gasteiger partial charge in [0, 0.05) is 17.7 Å². The maximum atomic E-state index is 12.3. The van der Waals surface area contributed by atoms with Crippen LogP contribution in [-0.4, -0.2) is 18.3 Å². The molecule has 0 radical (unpaired) electrons. The van der Waals surface area contributed by atoms with Gasteiger partial charge in [-0.3, -0.25) is 9.59 Å². The second-order valence-electron chi connectivity index (χ2n) is 5.63. The van der Waals surface area contributed by atoms with Crippen molar-refractivity contribution in [2.24, 2.45) is 0 Å². The molecule has 1 amide bonds. The van der Waals surface area contributed by atoms with E-state index in [2.05, 4.69) is 5.32 Å². The molecule has 0 saturated carbocycles. The maximum Gasteiger partial charge on any atom is 0.224 e. The first-order chi connectivity index (χ1) is 11.7. The van der Waals surface area contributed by atoms with Gasteiger partial charge in [0.05, 0.1) is 11.6 Å². The van der Waals surface area contributed by atoms with Gasteiger partial charge in [-0.2, -0.15) is 5.26 Å². The number of anilines is 1. The number of carbonyl (C=O) groups excluding carboxylic acids is 2. The Labute approximate surface area is 139 Å². The van der Waals surface area contributed by atoms with E-state index in [1.54, 1.807) is 36.4 Å². The first-order valence-corrected chi connectivity index (χ1v) is 7.74. The predicted molar refractivity (Wildman–Crippen MR) is 89.0 cm³/mol. The summed E-state index contributed by atoms with van der Waals surface area (Å²) in [7, 11) is 0. The lowest BCUT2D eigenvalue weighted by Gasteiger charge is -2.10. The van der Waals surface area contributed by atoms with Crippen LogP contribution in [0.2, 0.25) is 0 Å². The Morgan fingerprint density at radius 1 is 1.21 bits per heavy atom. The molecule has 0 bridgehead atoms. The normalized spacial score (nSPS) is 13.2. The molecule has 0 fully saturated rings. The van der Waals surface area contributed by atoms with Crippen molar-refractivity contribution in [3.63, 3.8) is 0 Å². The number of benzene rings is 2. The molecule has 1 aliphatic heterocycles. The Morgan fingerprint density at radius 3 is 2.92 bits per heavy atom. The fourth-order valence-electron chi connectivity index (χ4n) is 2.64. The van der Waals surface area contributed by atoms with E-state index >= 15 is 0 Å². The van der Waals surface area contributed by atoms with Crippen molar-refractivity contribution in [2.75, 3.05) is 11.9 Å². The zero-order valence-electron chi connectivity index (χ0n) is 13.0. The van der Waals surface area contributed by atoms with Crippen LogP contribution in [0.25, 0.3) is 0 Å². The van der Waals surface area contributed by atoms with Crippen LogP contribution in [0.3, 0.4) is 0 Å². The van der Waals surface area contributed by atoms with E-state index in [-0.39, 0.29) is 18.3 Å². The Morgan fingerprint density at radius 2 is 2.08 bits per heavy atom. The van der Waals surface area contributed by atoms with Crippen molar-refractivity contribution in [3.05, 3.63) is 59.2 Å². The summed E-state index contributed by atoms with van der Waals surface area (Å²) in [4.78, 5) is 23.9. The van der Waals surface area contributed by atoms with Crippen molar-refractivity contribution < 1.29 is 14.3 Å². The van der Waals surface area contributed by atoms with E-state index < -0.39 is 0 Å². The highest BCUT2D eigenvalue weighted by atomic mass is 16.5. The van der Waals surface area contributed by atoms with Crippen molar-refractivity contribution in [1.82, 2.24) is 0 Å². The maximum absolute atomic E-state index is 12.3. The van der Waals surface area contributed by atoms with Gasteiger partial charge in [0.1, 0.15) is 5.75 Å². The zero-order chi connectivity index (χ0) is 16.9. The number of rotatable bonds is 4. The molecule has 5 heteroatoms. The fraction of sp³-hybridized carbons (Fsp3) is 0.211. The number of fused-ring (bicyclic) bond motifs is 1. The minimum Gasteiger partial charge on any atom is -0.485 e. The number of ether oxygens (including phenoxy) is 1. The average molecular weight is 320 g/mol. The lowest BCUT2D eigenvalue weighted by atomic mass is 10.0. The third-order valence-corrected chi connectivity index (χ3v) is 3.88. The number of Topliss-reactive ketones (excluding diaryl/α,β-unsaturated/α-hetero) is 1. The number of nitrogens with zero attached hydrogens (tertiary/aromatic N) is 1. The fourth-order valence-corrected chi connectivity index (χ4v) is 2.64. The molecule has 24 heavy (non-hydrogen) atoms. The van der Waals surface area contributed by atoms with Crippen LogP contribution in [0, 0.1) is 11.3 Å². The van der Waals surface area contributed by atoms with Crippen LogP contribution in [0.5, 0.6) is 5.75 Å². The Kier molecular flexibility index (Phi) is 4.57. The third kappa shape index (κ3) is 3.61.